The maximum absolute atomic E-state index is 11.7. The number of esters is 1. The van der Waals surface area contributed by atoms with E-state index in [2.05, 4.69) is 0 Å². The van der Waals surface area contributed by atoms with Crippen molar-refractivity contribution in [2.45, 2.75) is 37.5 Å². The molecule has 7 heteroatoms. The van der Waals surface area contributed by atoms with Crippen molar-refractivity contribution < 1.29 is 29.6 Å². The lowest BCUT2D eigenvalue weighted by Gasteiger charge is -2.26. The maximum Gasteiger partial charge on any atom is 0.324 e. The Morgan fingerprint density at radius 2 is 2.15 bits per heavy atom. The van der Waals surface area contributed by atoms with E-state index in [1.54, 1.807) is 12.2 Å². The zero-order valence-corrected chi connectivity index (χ0v) is 10.9. The van der Waals surface area contributed by atoms with Gasteiger partial charge in [-0.15, -0.1) is 0 Å². The summed E-state index contributed by atoms with van der Waals surface area (Å²) in [6.07, 6.45) is 3.86. The average Bonchev–Trinajstić information content (AvgIpc) is 2.43. The zero-order chi connectivity index (χ0) is 15.1. The SMILES string of the molecule is N[C@@H](CC(=O)O)C(=O)OC(C1=CC=CCC1)C(O)CO. The van der Waals surface area contributed by atoms with Crippen LogP contribution in [0.2, 0.25) is 0 Å². The molecule has 0 radical (unpaired) electrons. The molecule has 5 N–H and O–H groups in total. The fraction of sp³-hybridized carbons (Fsp3) is 0.538. The Labute approximate surface area is 116 Å². The van der Waals surface area contributed by atoms with Crippen molar-refractivity contribution in [1.29, 1.82) is 0 Å². The summed E-state index contributed by atoms with van der Waals surface area (Å²) in [4.78, 5) is 22.2. The zero-order valence-electron chi connectivity index (χ0n) is 10.9. The summed E-state index contributed by atoms with van der Waals surface area (Å²) < 4.78 is 5.07. The number of hydrogen-bond donors (Lipinski definition) is 4. The van der Waals surface area contributed by atoms with Crippen molar-refractivity contribution in [1.82, 2.24) is 0 Å². The van der Waals surface area contributed by atoms with Crippen LogP contribution in [0.5, 0.6) is 0 Å². The van der Waals surface area contributed by atoms with Crippen LogP contribution in [0.1, 0.15) is 19.3 Å². The van der Waals surface area contributed by atoms with Gasteiger partial charge in [0.2, 0.25) is 0 Å². The highest BCUT2D eigenvalue weighted by Gasteiger charge is 2.29. The molecule has 0 spiro atoms. The molecule has 112 valence electrons. The molecule has 20 heavy (non-hydrogen) atoms. The first kappa shape index (κ1) is 16.4. The van der Waals surface area contributed by atoms with Gasteiger partial charge in [0, 0.05) is 0 Å². The third-order valence-corrected chi connectivity index (χ3v) is 2.89. The van der Waals surface area contributed by atoms with E-state index in [1.807, 2.05) is 6.08 Å². The summed E-state index contributed by atoms with van der Waals surface area (Å²) in [6, 6.07) is -1.30. The summed E-state index contributed by atoms with van der Waals surface area (Å²) in [5, 5.41) is 27.3. The van der Waals surface area contributed by atoms with Gasteiger partial charge in [-0.3, -0.25) is 9.59 Å². The number of carbonyl (C=O) groups is 2. The second-order valence-corrected chi connectivity index (χ2v) is 4.52. The average molecular weight is 285 g/mol. The molecule has 0 aromatic heterocycles. The summed E-state index contributed by atoms with van der Waals surface area (Å²) in [7, 11) is 0. The Kier molecular flexibility index (Phi) is 6.37. The number of carboxylic acid groups (broad SMARTS) is 1. The molecule has 1 rings (SSSR count). The maximum atomic E-state index is 11.7. The molecule has 0 heterocycles. The Morgan fingerprint density at radius 1 is 1.45 bits per heavy atom. The van der Waals surface area contributed by atoms with Gasteiger partial charge in [0.15, 0.2) is 6.10 Å². The highest BCUT2D eigenvalue weighted by molar-refractivity contribution is 5.82. The number of rotatable bonds is 7. The van der Waals surface area contributed by atoms with Gasteiger partial charge < -0.3 is 25.8 Å². The molecule has 1 aliphatic carbocycles. The van der Waals surface area contributed by atoms with Crippen molar-refractivity contribution in [2.24, 2.45) is 5.73 Å². The van der Waals surface area contributed by atoms with Crippen molar-refractivity contribution >= 4 is 11.9 Å². The first-order valence-corrected chi connectivity index (χ1v) is 6.28. The third-order valence-electron chi connectivity index (χ3n) is 2.89. The van der Waals surface area contributed by atoms with E-state index in [9.17, 15) is 14.7 Å². The van der Waals surface area contributed by atoms with E-state index < -0.39 is 43.2 Å². The summed E-state index contributed by atoms with van der Waals surface area (Å²) in [6.45, 7) is -0.576. The summed E-state index contributed by atoms with van der Waals surface area (Å²) in [5.41, 5.74) is 6.06. The molecule has 0 fully saturated rings. The number of aliphatic hydroxyl groups is 2. The molecule has 2 unspecified atom stereocenters. The molecule has 0 amide bonds. The molecule has 1 aliphatic rings. The van der Waals surface area contributed by atoms with Gasteiger partial charge in [-0.1, -0.05) is 18.2 Å². The molecule has 0 saturated heterocycles. The van der Waals surface area contributed by atoms with Crippen LogP contribution in [-0.2, 0) is 14.3 Å². The Morgan fingerprint density at radius 3 is 2.65 bits per heavy atom. The topological polar surface area (TPSA) is 130 Å². The Bertz CT molecular complexity index is 417. The number of carboxylic acids is 1. The van der Waals surface area contributed by atoms with Gasteiger partial charge >= 0.3 is 11.9 Å². The number of hydrogen-bond acceptors (Lipinski definition) is 6. The molecule has 0 aliphatic heterocycles. The minimum atomic E-state index is -1.30. The van der Waals surface area contributed by atoms with Crippen LogP contribution in [0.25, 0.3) is 0 Å². The molecule has 3 atom stereocenters. The van der Waals surface area contributed by atoms with Crippen LogP contribution in [0, 0.1) is 0 Å². The molecule has 0 aromatic rings. The first-order chi connectivity index (χ1) is 9.45. The largest absolute Gasteiger partial charge is 0.481 e. The van der Waals surface area contributed by atoms with Gasteiger partial charge in [0.1, 0.15) is 12.1 Å². The van der Waals surface area contributed by atoms with E-state index in [0.29, 0.717) is 12.0 Å². The second kappa shape index (κ2) is 7.78. The number of aliphatic hydroxyl groups excluding tert-OH is 2. The molecular weight excluding hydrogens is 266 g/mol. The van der Waals surface area contributed by atoms with Crippen molar-refractivity contribution in [3.05, 3.63) is 23.8 Å². The standard InChI is InChI=1S/C13H19NO6/c14-9(6-11(17)18)13(19)20-12(10(16)7-15)8-4-2-1-3-5-8/h1-2,4,9-10,12,15-16H,3,5-7,14H2,(H,17,18)/t9-,10?,12?/m0/s1. The summed E-state index contributed by atoms with van der Waals surface area (Å²) >= 11 is 0. The summed E-state index contributed by atoms with van der Waals surface area (Å²) in [5.74, 6) is -2.13. The van der Waals surface area contributed by atoms with Crippen molar-refractivity contribution in [3.8, 4) is 0 Å². The number of nitrogens with two attached hydrogens (primary N) is 1. The van der Waals surface area contributed by atoms with Gasteiger partial charge in [-0.25, -0.2) is 0 Å². The van der Waals surface area contributed by atoms with E-state index in [0.717, 1.165) is 6.42 Å². The second-order valence-electron chi connectivity index (χ2n) is 4.52. The fourth-order valence-corrected chi connectivity index (χ4v) is 1.84. The smallest absolute Gasteiger partial charge is 0.324 e. The molecule has 7 nitrogen and oxygen atoms in total. The van der Waals surface area contributed by atoms with Crippen LogP contribution < -0.4 is 5.73 Å². The third kappa shape index (κ3) is 4.76. The van der Waals surface area contributed by atoms with E-state index in [4.69, 9.17) is 20.7 Å². The van der Waals surface area contributed by atoms with Crippen LogP contribution in [-0.4, -0.2) is 52.1 Å². The Balaban J connectivity index is 2.74. The van der Waals surface area contributed by atoms with Crippen LogP contribution in [0.3, 0.4) is 0 Å². The fourth-order valence-electron chi connectivity index (χ4n) is 1.84. The van der Waals surface area contributed by atoms with Gasteiger partial charge in [-0.2, -0.15) is 0 Å². The molecule has 0 bridgehead atoms. The van der Waals surface area contributed by atoms with E-state index in [-0.39, 0.29) is 0 Å². The van der Waals surface area contributed by atoms with Crippen molar-refractivity contribution in [2.75, 3.05) is 6.61 Å². The first-order valence-electron chi connectivity index (χ1n) is 6.28. The lowest BCUT2D eigenvalue weighted by Crippen LogP contribution is -2.42. The molecule has 0 saturated carbocycles. The predicted molar refractivity (Wildman–Crippen MR) is 69.7 cm³/mol. The molecule has 0 aromatic carbocycles. The predicted octanol–water partition coefficient (Wildman–Crippen LogP) is -0.670. The monoisotopic (exact) mass is 285 g/mol. The lowest BCUT2D eigenvalue weighted by atomic mass is 9.96. The Hall–Kier alpha value is -1.70. The van der Waals surface area contributed by atoms with Crippen LogP contribution in [0.4, 0.5) is 0 Å². The number of carbonyl (C=O) groups excluding carboxylic acids is 1. The molecular formula is C13H19NO6. The van der Waals surface area contributed by atoms with Crippen LogP contribution in [0.15, 0.2) is 23.8 Å². The highest BCUT2D eigenvalue weighted by Crippen LogP contribution is 2.21. The minimum absolute atomic E-state index is 0.556. The minimum Gasteiger partial charge on any atom is -0.481 e. The van der Waals surface area contributed by atoms with Gasteiger partial charge in [0.05, 0.1) is 13.0 Å². The number of aliphatic carboxylic acids is 1. The quantitative estimate of drug-likeness (QED) is 0.456. The van der Waals surface area contributed by atoms with Crippen LogP contribution >= 0.6 is 0 Å². The number of ether oxygens (including phenoxy) is 1. The van der Waals surface area contributed by atoms with Gasteiger partial charge in [-0.05, 0) is 18.4 Å². The normalized spacial score (nSPS) is 18.9. The van der Waals surface area contributed by atoms with E-state index >= 15 is 0 Å². The van der Waals surface area contributed by atoms with E-state index in [1.165, 1.54) is 0 Å². The van der Waals surface area contributed by atoms with Gasteiger partial charge in [0.25, 0.3) is 0 Å². The highest BCUT2D eigenvalue weighted by atomic mass is 16.6. The number of allylic oxidation sites excluding steroid dienone is 3. The van der Waals surface area contributed by atoms with Crippen molar-refractivity contribution in [3.63, 3.8) is 0 Å². The lowest BCUT2D eigenvalue weighted by molar-refractivity contribution is -0.157.